The van der Waals surface area contributed by atoms with Crippen LogP contribution in [0.15, 0.2) is 6.07 Å². The summed E-state index contributed by atoms with van der Waals surface area (Å²) in [5.74, 6) is 0. The van der Waals surface area contributed by atoms with Crippen LogP contribution in [-0.2, 0) is 13.0 Å². The Morgan fingerprint density at radius 1 is 1.31 bits per heavy atom. The van der Waals surface area contributed by atoms with Crippen molar-refractivity contribution < 1.29 is 0 Å². The Morgan fingerprint density at radius 3 is 2.75 bits per heavy atom. The summed E-state index contributed by atoms with van der Waals surface area (Å²) in [6.45, 7) is 9.61. The molecule has 0 saturated carbocycles. The summed E-state index contributed by atoms with van der Waals surface area (Å²) in [5.41, 5.74) is 3.50. The lowest BCUT2D eigenvalue weighted by molar-refractivity contribution is 0.232. The molecule has 1 aliphatic rings. The molecule has 0 radical (unpaired) electrons. The number of aryl methyl sites for hydroxylation is 2. The third-order valence-corrected chi connectivity index (χ3v) is 3.02. The van der Waals surface area contributed by atoms with Crippen molar-refractivity contribution in [2.24, 2.45) is 0 Å². The van der Waals surface area contributed by atoms with Crippen LogP contribution >= 0.6 is 0 Å². The number of hydrogen-bond donors (Lipinski definition) is 1. The Kier molecular flexibility index (Phi) is 3.85. The van der Waals surface area contributed by atoms with E-state index in [2.05, 4.69) is 33.4 Å². The molecule has 0 amide bonds. The quantitative estimate of drug-likeness (QED) is 0.816. The molecule has 16 heavy (non-hydrogen) atoms. The van der Waals surface area contributed by atoms with Gasteiger partial charge in [0, 0.05) is 32.7 Å². The van der Waals surface area contributed by atoms with Gasteiger partial charge in [-0.15, -0.1) is 0 Å². The maximum Gasteiger partial charge on any atom is 0.0673 e. The van der Waals surface area contributed by atoms with Gasteiger partial charge in [-0.1, -0.05) is 6.92 Å². The molecule has 2 rings (SSSR count). The van der Waals surface area contributed by atoms with Gasteiger partial charge in [-0.25, -0.2) is 0 Å². The van der Waals surface area contributed by atoms with E-state index >= 15 is 0 Å². The Morgan fingerprint density at radius 2 is 2.06 bits per heavy atom. The van der Waals surface area contributed by atoms with Gasteiger partial charge in [0.1, 0.15) is 0 Å². The molecule has 0 aliphatic carbocycles. The summed E-state index contributed by atoms with van der Waals surface area (Å²) in [7, 11) is 0. The van der Waals surface area contributed by atoms with Crippen molar-refractivity contribution in [2.45, 2.75) is 26.8 Å². The van der Waals surface area contributed by atoms with Crippen LogP contribution < -0.4 is 5.32 Å². The molecular weight excluding hydrogens is 200 g/mol. The summed E-state index contributed by atoms with van der Waals surface area (Å²) >= 11 is 0. The van der Waals surface area contributed by atoms with E-state index in [1.54, 1.807) is 0 Å². The average molecular weight is 220 g/mol. The van der Waals surface area contributed by atoms with Gasteiger partial charge >= 0.3 is 0 Å². The molecule has 0 aromatic carbocycles. The number of piperazine rings is 1. The fourth-order valence-corrected chi connectivity index (χ4v) is 2.11. The zero-order valence-electron chi connectivity index (χ0n) is 10.2. The van der Waals surface area contributed by atoms with Gasteiger partial charge in [0.2, 0.25) is 0 Å². The van der Waals surface area contributed by atoms with E-state index in [1.165, 1.54) is 5.56 Å². The number of aromatic nitrogens is 2. The molecule has 0 atom stereocenters. The third-order valence-electron chi connectivity index (χ3n) is 3.02. The molecule has 4 heteroatoms. The zero-order valence-corrected chi connectivity index (χ0v) is 10.2. The van der Waals surface area contributed by atoms with Gasteiger partial charge in [-0.3, -0.25) is 4.90 Å². The first kappa shape index (κ1) is 11.5. The number of nitrogens with one attached hydrogen (secondary N) is 1. The number of nitrogens with zero attached hydrogens (tertiary/aromatic N) is 3. The van der Waals surface area contributed by atoms with Crippen molar-refractivity contribution in [2.75, 3.05) is 26.2 Å². The summed E-state index contributed by atoms with van der Waals surface area (Å²) in [6.07, 6.45) is 0.967. The largest absolute Gasteiger partial charge is 0.314 e. The van der Waals surface area contributed by atoms with Crippen molar-refractivity contribution in [3.63, 3.8) is 0 Å². The first-order chi connectivity index (χ1) is 7.79. The van der Waals surface area contributed by atoms with E-state index < -0.39 is 0 Å². The molecule has 0 unspecified atom stereocenters. The maximum atomic E-state index is 4.27. The molecular formula is C12H20N4. The van der Waals surface area contributed by atoms with Gasteiger partial charge in [-0.2, -0.15) is 10.2 Å². The van der Waals surface area contributed by atoms with Crippen LogP contribution in [0.4, 0.5) is 0 Å². The van der Waals surface area contributed by atoms with E-state index in [-0.39, 0.29) is 0 Å². The fraction of sp³-hybridized carbons (Fsp3) is 0.667. The van der Waals surface area contributed by atoms with E-state index in [0.717, 1.165) is 50.5 Å². The molecule has 1 saturated heterocycles. The van der Waals surface area contributed by atoms with Crippen LogP contribution in [0.2, 0.25) is 0 Å². The molecule has 1 aromatic rings. The molecule has 1 N–H and O–H groups in total. The normalized spacial score (nSPS) is 17.6. The molecule has 0 spiro atoms. The van der Waals surface area contributed by atoms with Crippen LogP contribution in [-0.4, -0.2) is 41.3 Å². The molecule has 0 bridgehead atoms. The Hall–Kier alpha value is -1.00. The summed E-state index contributed by atoms with van der Waals surface area (Å²) in [4.78, 5) is 2.48. The molecule has 1 fully saturated rings. The van der Waals surface area contributed by atoms with E-state index in [0.29, 0.717) is 0 Å². The highest BCUT2D eigenvalue weighted by atomic mass is 15.2. The first-order valence-corrected chi connectivity index (χ1v) is 6.04. The highest BCUT2D eigenvalue weighted by Gasteiger charge is 2.12. The van der Waals surface area contributed by atoms with Crippen LogP contribution in [0.3, 0.4) is 0 Å². The Labute approximate surface area is 97.1 Å². The van der Waals surface area contributed by atoms with Gasteiger partial charge in [-0.05, 0) is 25.0 Å². The van der Waals surface area contributed by atoms with Gasteiger partial charge in [0.15, 0.2) is 0 Å². The number of rotatable bonds is 3. The number of hydrogen-bond acceptors (Lipinski definition) is 4. The van der Waals surface area contributed by atoms with E-state index in [9.17, 15) is 0 Å². The van der Waals surface area contributed by atoms with Crippen molar-refractivity contribution in [1.29, 1.82) is 0 Å². The molecule has 2 heterocycles. The van der Waals surface area contributed by atoms with Crippen molar-refractivity contribution in [1.82, 2.24) is 20.4 Å². The van der Waals surface area contributed by atoms with Crippen LogP contribution in [0.25, 0.3) is 0 Å². The summed E-state index contributed by atoms with van der Waals surface area (Å²) in [5, 5.41) is 11.8. The van der Waals surface area contributed by atoms with Gasteiger partial charge in [0.05, 0.1) is 11.4 Å². The Balaban J connectivity index is 2.09. The average Bonchev–Trinajstić information content (AvgIpc) is 2.31. The van der Waals surface area contributed by atoms with Crippen molar-refractivity contribution in [3.05, 3.63) is 23.0 Å². The minimum atomic E-state index is 0.967. The van der Waals surface area contributed by atoms with Gasteiger partial charge in [0.25, 0.3) is 0 Å². The minimum Gasteiger partial charge on any atom is -0.314 e. The predicted octanol–water partition coefficient (Wildman–Crippen LogP) is 0.753. The summed E-state index contributed by atoms with van der Waals surface area (Å²) < 4.78 is 0. The molecule has 1 aromatic heterocycles. The SMILES string of the molecule is CCc1nnc(C)cc1CN1CCNCC1. The van der Waals surface area contributed by atoms with E-state index in [4.69, 9.17) is 0 Å². The third kappa shape index (κ3) is 2.77. The Bertz CT molecular complexity index is 345. The first-order valence-electron chi connectivity index (χ1n) is 6.04. The second kappa shape index (κ2) is 5.37. The van der Waals surface area contributed by atoms with Crippen molar-refractivity contribution in [3.8, 4) is 0 Å². The topological polar surface area (TPSA) is 41.1 Å². The maximum absolute atomic E-state index is 4.27. The second-order valence-electron chi connectivity index (χ2n) is 4.34. The summed E-state index contributed by atoms with van der Waals surface area (Å²) in [6, 6.07) is 2.17. The minimum absolute atomic E-state index is 0.967. The van der Waals surface area contributed by atoms with Crippen LogP contribution in [0.1, 0.15) is 23.9 Å². The second-order valence-corrected chi connectivity index (χ2v) is 4.34. The molecule has 4 nitrogen and oxygen atoms in total. The van der Waals surface area contributed by atoms with Crippen LogP contribution in [0, 0.1) is 6.92 Å². The standard InChI is InChI=1S/C12H20N4/c1-3-12-11(8-10(2)14-15-12)9-16-6-4-13-5-7-16/h8,13H,3-7,9H2,1-2H3. The lowest BCUT2D eigenvalue weighted by Crippen LogP contribution is -2.43. The van der Waals surface area contributed by atoms with E-state index in [1.807, 2.05) is 6.92 Å². The molecule has 1 aliphatic heterocycles. The zero-order chi connectivity index (χ0) is 11.4. The lowest BCUT2D eigenvalue weighted by Gasteiger charge is -2.27. The van der Waals surface area contributed by atoms with Crippen molar-refractivity contribution >= 4 is 0 Å². The fourth-order valence-electron chi connectivity index (χ4n) is 2.11. The highest BCUT2D eigenvalue weighted by molar-refractivity contribution is 5.20. The van der Waals surface area contributed by atoms with Gasteiger partial charge < -0.3 is 5.32 Å². The monoisotopic (exact) mass is 220 g/mol. The predicted molar refractivity (Wildman–Crippen MR) is 64.3 cm³/mol. The highest BCUT2D eigenvalue weighted by Crippen LogP contribution is 2.11. The lowest BCUT2D eigenvalue weighted by atomic mass is 10.1. The smallest absolute Gasteiger partial charge is 0.0673 e. The molecule has 88 valence electrons. The van der Waals surface area contributed by atoms with Crippen LogP contribution in [0.5, 0.6) is 0 Å².